The fourth-order valence-electron chi connectivity index (χ4n) is 8.32. The molecule has 5 rings (SSSR count). The van der Waals surface area contributed by atoms with Crippen molar-refractivity contribution in [2.24, 2.45) is 0 Å². The van der Waals surface area contributed by atoms with Gasteiger partial charge in [-0.3, -0.25) is 9.59 Å². The summed E-state index contributed by atoms with van der Waals surface area (Å²) in [6.07, 6.45) is 10.4. The second-order valence-electron chi connectivity index (χ2n) is 16.4. The number of nitrogens with zero attached hydrogens (tertiary/aromatic N) is 2. The fraction of sp³-hybridized carbons (Fsp3) is 0.583. The van der Waals surface area contributed by atoms with E-state index in [-0.39, 0.29) is 38.3 Å². The minimum Gasteiger partial charge on any atom is -0.392 e. The lowest BCUT2D eigenvalue weighted by Gasteiger charge is -2.38. The zero-order valence-electron chi connectivity index (χ0n) is 35.2. The summed E-state index contributed by atoms with van der Waals surface area (Å²) in [5, 5.41) is 12.5. The van der Waals surface area contributed by atoms with Gasteiger partial charge in [0.15, 0.2) is 6.29 Å². The normalized spacial score (nSPS) is 19.7. The lowest BCUT2D eigenvalue weighted by Crippen LogP contribution is -2.50. The third-order valence-electron chi connectivity index (χ3n) is 11.7. The zero-order valence-corrected chi connectivity index (χ0v) is 35.2. The summed E-state index contributed by atoms with van der Waals surface area (Å²) < 4.78 is 53.0. The maximum Gasteiger partial charge on any atom is 0.471 e. The van der Waals surface area contributed by atoms with Gasteiger partial charge in [-0.15, -0.1) is 0 Å². The largest absolute Gasteiger partial charge is 0.471 e. The summed E-state index contributed by atoms with van der Waals surface area (Å²) in [6, 6.07) is 22.6. The second-order valence-corrected chi connectivity index (χ2v) is 16.4. The van der Waals surface area contributed by atoms with Crippen molar-refractivity contribution in [1.29, 1.82) is 0 Å². The molecular formula is C48H66F3N3O5. The molecule has 2 heterocycles. The molecule has 0 saturated carbocycles. The van der Waals surface area contributed by atoms with E-state index in [9.17, 15) is 27.9 Å². The van der Waals surface area contributed by atoms with Crippen LogP contribution in [0, 0.1) is 0 Å². The van der Waals surface area contributed by atoms with Crippen LogP contribution in [0.1, 0.15) is 145 Å². The number of halogens is 3. The molecule has 0 aromatic heterocycles. The quantitative estimate of drug-likeness (QED) is 0.0926. The van der Waals surface area contributed by atoms with Crippen LogP contribution >= 0.6 is 0 Å². The molecule has 2 saturated heterocycles. The molecule has 2 aliphatic rings. The predicted octanol–water partition coefficient (Wildman–Crippen LogP) is 10.6. The van der Waals surface area contributed by atoms with Crippen molar-refractivity contribution in [3.63, 3.8) is 0 Å². The molecule has 0 spiro atoms. The molecule has 2 fully saturated rings. The average molecular weight is 822 g/mol. The Morgan fingerprint density at radius 3 is 2.05 bits per heavy atom. The van der Waals surface area contributed by atoms with Crippen LogP contribution in [0.2, 0.25) is 0 Å². The molecule has 4 atom stereocenters. The zero-order chi connectivity index (χ0) is 42.0. The molecule has 11 heteroatoms. The number of hydrogen-bond acceptors (Lipinski definition) is 6. The molecule has 8 nitrogen and oxygen atoms in total. The van der Waals surface area contributed by atoms with Gasteiger partial charge in [0, 0.05) is 31.6 Å². The Balaban J connectivity index is 1.29. The number of benzene rings is 3. The van der Waals surface area contributed by atoms with E-state index in [0.29, 0.717) is 11.3 Å². The van der Waals surface area contributed by atoms with E-state index in [1.54, 1.807) is 0 Å². The van der Waals surface area contributed by atoms with Gasteiger partial charge < -0.3 is 29.7 Å². The lowest BCUT2D eigenvalue weighted by molar-refractivity contribution is -0.253. The number of carbonyl (C=O) groups is 2. The van der Waals surface area contributed by atoms with Crippen molar-refractivity contribution in [2.75, 3.05) is 26.2 Å². The van der Waals surface area contributed by atoms with Gasteiger partial charge in [0.1, 0.15) is 6.04 Å². The maximum atomic E-state index is 13.1. The highest BCUT2D eigenvalue weighted by Crippen LogP contribution is 2.39. The predicted molar refractivity (Wildman–Crippen MR) is 226 cm³/mol. The minimum atomic E-state index is -5.02. The molecule has 2 amide bonds. The van der Waals surface area contributed by atoms with Crippen molar-refractivity contribution in [1.82, 2.24) is 15.1 Å². The Kier molecular flexibility index (Phi) is 18.7. The van der Waals surface area contributed by atoms with Crippen LogP contribution in [-0.2, 0) is 32.2 Å². The molecule has 0 unspecified atom stereocenters. The molecule has 324 valence electrons. The molecule has 0 radical (unpaired) electrons. The SMILES string of the molecule is CCCCCCCCN(CCCCCCCC)C[C@H]1C[C@@H](c2ccc(CO)cc2)O[C@@H](c2cccc(-c3cccc(CNC(=O)[C@@H]4CCCN4C(=O)C(F)(F)F)c3)c2)O1. The Morgan fingerprint density at radius 2 is 1.41 bits per heavy atom. The monoisotopic (exact) mass is 821 g/mol. The third-order valence-corrected chi connectivity index (χ3v) is 11.7. The molecule has 0 bridgehead atoms. The first-order valence-corrected chi connectivity index (χ1v) is 22.2. The smallest absolute Gasteiger partial charge is 0.392 e. The summed E-state index contributed by atoms with van der Waals surface area (Å²) in [6.45, 7) is 7.44. The Labute approximate surface area is 349 Å². The number of likely N-dealkylation sites (tertiary alicyclic amines) is 1. The van der Waals surface area contributed by atoms with Gasteiger partial charge in [0.25, 0.3) is 0 Å². The average Bonchev–Trinajstić information content (AvgIpc) is 3.75. The van der Waals surface area contributed by atoms with Gasteiger partial charge in [-0.05, 0) is 78.7 Å². The van der Waals surface area contributed by atoms with E-state index in [1.165, 1.54) is 77.0 Å². The minimum absolute atomic E-state index is 0.0194. The van der Waals surface area contributed by atoms with E-state index in [4.69, 9.17) is 9.47 Å². The van der Waals surface area contributed by atoms with E-state index in [0.717, 1.165) is 59.4 Å². The Hall–Kier alpha value is -3.77. The Morgan fingerprint density at radius 1 is 0.780 bits per heavy atom. The molecule has 59 heavy (non-hydrogen) atoms. The highest BCUT2D eigenvalue weighted by Gasteiger charge is 2.47. The number of ether oxygens (including phenoxy) is 2. The highest BCUT2D eigenvalue weighted by atomic mass is 19.4. The second kappa shape index (κ2) is 23.9. The number of carbonyl (C=O) groups excluding carboxylic acids is 2. The first kappa shape index (κ1) is 46.3. The molecular weight excluding hydrogens is 756 g/mol. The van der Waals surface area contributed by atoms with Gasteiger partial charge in [-0.1, -0.05) is 139 Å². The third kappa shape index (κ3) is 14.4. The summed E-state index contributed by atoms with van der Waals surface area (Å²) in [4.78, 5) is 28.1. The van der Waals surface area contributed by atoms with E-state index in [2.05, 4.69) is 30.1 Å². The number of unbranched alkanes of at least 4 members (excludes halogenated alkanes) is 10. The summed E-state index contributed by atoms with van der Waals surface area (Å²) in [7, 11) is 0. The standard InChI is InChI=1S/C48H66F3N3O5/c1-3-5-7-9-11-13-27-53(28-14-12-10-8-6-4-2)34-42-32-44(38-25-23-36(35-55)24-26-38)59-46(58-42)41-21-16-20-40(31-41)39-19-15-18-37(30-39)33-52-45(56)43-22-17-29-54(43)47(57)48(49,50)51/h15-16,18-21,23-26,30-31,42-44,46,55H,3-14,17,22,27-29,32-35H2,1-2H3,(H,52,56)/t42-,43+,44+,46+/m1/s1. The van der Waals surface area contributed by atoms with Crippen LogP contribution in [-0.4, -0.2) is 71.2 Å². The number of hydrogen-bond donors (Lipinski definition) is 2. The highest BCUT2D eigenvalue weighted by molar-refractivity contribution is 5.90. The van der Waals surface area contributed by atoms with Gasteiger partial charge in [0.05, 0.1) is 18.8 Å². The van der Waals surface area contributed by atoms with E-state index >= 15 is 0 Å². The molecule has 2 N–H and O–H groups in total. The number of nitrogens with one attached hydrogen (secondary N) is 1. The number of amides is 2. The van der Waals surface area contributed by atoms with Crippen molar-refractivity contribution in [2.45, 2.75) is 154 Å². The van der Waals surface area contributed by atoms with Crippen LogP contribution < -0.4 is 5.32 Å². The van der Waals surface area contributed by atoms with Crippen molar-refractivity contribution in [3.05, 3.63) is 95.1 Å². The number of aliphatic hydroxyl groups is 1. The number of alkyl halides is 3. The van der Waals surface area contributed by atoms with E-state index in [1.807, 2.05) is 66.7 Å². The van der Waals surface area contributed by atoms with Gasteiger partial charge in [-0.2, -0.15) is 13.2 Å². The van der Waals surface area contributed by atoms with Crippen LogP contribution in [0.3, 0.4) is 0 Å². The first-order valence-electron chi connectivity index (χ1n) is 22.2. The molecule has 3 aromatic carbocycles. The van der Waals surface area contributed by atoms with E-state index < -0.39 is 30.3 Å². The van der Waals surface area contributed by atoms with Gasteiger partial charge in [0.2, 0.25) is 5.91 Å². The van der Waals surface area contributed by atoms with Crippen LogP contribution in [0.5, 0.6) is 0 Å². The van der Waals surface area contributed by atoms with Crippen molar-refractivity contribution < 1.29 is 37.3 Å². The fourth-order valence-corrected chi connectivity index (χ4v) is 8.32. The number of aliphatic hydroxyl groups excluding tert-OH is 1. The van der Waals surface area contributed by atoms with Crippen LogP contribution in [0.15, 0.2) is 72.8 Å². The molecule has 3 aromatic rings. The molecule has 0 aliphatic carbocycles. The summed E-state index contributed by atoms with van der Waals surface area (Å²) in [5.41, 5.74) is 5.40. The maximum absolute atomic E-state index is 13.1. The summed E-state index contributed by atoms with van der Waals surface area (Å²) in [5.74, 6) is -2.56. The van der Waals surface area contributed by atoms with Crippen molar-refractivity contribution >= 4 is 11.8 Å². The topological polar surface area (TPSA) is 91.3 Å². The van der Waals surface area contributed by atoms with Gasteiger partial charge >= 0.3 is 12.1 Å². The van der Waals surface area contributed by atoms with Crippen molar-refractivity contribution in [3.8, 4) is 11.1 Å². The Bertz CT molecular complexity index is 1700. The van der Waals surface area contributed by atoms with Crippen LogP contribution in [0.25, 0.3) is 11.1 Å². The van der Waals surface area contributed by atoms with Gasteiger partial charge in [-0.25, -0.2) is 0 Å². The first-order chi connectivity index (χ1) is 28.6. The molecule has 2 aliphatic heterocycles. The lowest BCUT2D eigenvalue weighted by atomic mass is 9.98. The number of rotatable bonds is 23. The summed E-state index contributed by atoms with van der Waals surface area (Å²) >= 11 is 0. The van der Waals surface area contributed by atoms with Crippen LogP contribution in [0.4, 0.5) is 13.2 Å².